The fourth-order valence-corrected chi connectivity index (χ4v) is 2.25. The fourth-order valence-electron chi connectivity index (χ4n) is 1.91. The quantitative estimate of drug-likeness (QED) is 0.812. The maximum atomic E-state index is 13.8. The molecule has 2 aromatic rings. The number of nitrogens with zero attached hydrogens (tertiary/aromatic N) is 2. The predicted molar refractivity (Wildman–Crippen MR) is 63.2 cm³/mol. The number of benzene rings is 1. The molecule has 1 aliphatic heterocycles. The Hall–Kier alpha value is -0.980. The summed E-state index contributed by atoms with van der Waals surface area (Å²) in [4.78, 5) is 0. The Bertz CT molecular complexity index is 552. The van der Waals surface area contributed by atoms with Crippen LogP contribution in [0.2, 0.25) is 0 Å². The van der Waals surface area contributed by atoms with Gasteiger partial charge in [0.05, 0.1) is 41.4 Å². The molecule has 1 aliphatic rings. The third-order valence-electron chi connectivity index (χ3n) is 2.74. The van der Waals surface area contributed by atoms with Crippen LogP contribution in [0.1, 0.15) is 6.23 Å². The first kappa shape index (κ1) is 11.1. The van der Waals surface area contributed by atoms with E-state index in [-0.39, 0.29) is 12.0 Å². The Morgan fingerprint density at radius 2 is 2.29 bits per heavy atom. The lowest BCUT2D eigenvalue weighted by Gasteiger charge is -2.23. The molecule has 0 saturated carbocycles. The molecule has 0 amide bonds. The average Bonchev–Trinajstić information content (AvgIpc) is 2.79. The van der Waals surface area contributed by atoms with Crippen molar-refractivity contribution >= 4 is 26.8 Å². The van der Waals surface area contributed by atoms with E-state index >= 15 is 0 Å². The van der Waals surface area contributed by atoms with Crippen LogP contribution in [0.5, 0.6) is 0 Å². The minimum atomic E-state index is -0.300. The molecule has 1 fully saturated rings. The number of ether oxygens (including phenoxy) is 2. The number of hydrogen-bond donors (Lipinski definition) is 0. The molecule has 0 bridgehead atoms. The van der Waals surface area contributed by atoms with Crippen LogP contribution in [0, 0.1) is 5.82 Å². The Labute approximate surface area is 105 Å². The second-order valence-corrected chi connectivity index (χ2v) is 4.64. The van der Waals surface area contributed by atoms with E-state index in [1.807, 2.05) is 6.07 Å². The van der Waals surface area contributed by atoms with Gasteiger partial charge in [-0.1, -0.05) is 0 Å². The lowest BCUT2D eigenvalue weighted by atomic mass is 10.2. The molecule has 0 N–H and O–H groups in total. The van der Waals surface area contributed by atoms with Crippen LogP contribution < -0.4 is 0 Å². The van der Waals surface area contributed by atoms with Crippen LogP contribution in [0.25, 0.3) is 10.9 Å². The summed E-state index contributed by atoms with van der Waals surface area (Å²) in [7, 11) is 0. The van der Waals surface area contributed by atoms with Crippen LogP contribution in [-0.2, 0) is 9.47 Å². The van der Waals surface area contributed by atoms with Gasteiger partial charge in [-0.15, -0.1) is 0 Å². The highest BCUT2D eigenvalue weighted by molar-refractivity contribution is 9.10. The van der Waals surface area contributed by atoms with Gasteiger partial charge >= 0.3 is 0 Å². The zero-order chi connectivity index (χ0) is 11.8. The van der Waals surface area contributed by atoms with Crippen molar-refractivity contribution in [3.05, 3.63) is 28.6 Å². The van der Waals surface area contributed by atoms with Gasteiger partial charge in [-0.3, -0.25) is 0 Å². The minimum Gasteiger partial charge on any atom is -0.374 e. The van der Waals surface area contributed by atoms with Crippen molar-refractivity contribution in [2.75, 3.05) is 19.8 Å². The number of rotatable bonds is 1. The first-order chi connectivity index (χ1) is 8.27. The first-order valence-electron chi connectivity index (χ1n) is 5.28. The summed E-state index contributed by atoms with van der Waals surface area (Å²) in [5.74, 6) is -0.300. The summed E-state index contributed by atoms with van der Waals surface area (Å²) in [6, 6.07) is 3.48. The molecule has 1 unspecified atom stereocenters. The summed E-state index contributed by atoms with van der Waals surface area (Å²) < 4.78 is 26.8. The molecule has 0 radical (unpaired) electrons. The molecule has 1 aromatic carbocycles. The minimum absolute atomic E-state index is 0.276. The number of aromatic nitrogens is 2. The monoisotopic (exact) mass is 300 g/mol. The van der Waals surface area contributed by atoms with Gasteiger partial charge in [0.2, 0.25) is 0 Å². The summed E-state index contributed by atoms with van der Waals surface area (Å²) in [5, 5.41) is 4.65. The van der Waals surface area contributed by atoms with Crippen molar-refractivity contribution < 1.29 is 13.9 Å². The standard InChI is InChI=1S/C11H10BrFN2O2/c12-8-1-2-9-7(11(8)13)5-14-15(9)10-6-16-3-4-17-10/h1-2,5,10H,3-4,6H2. The van der Waals surface area contributed by atoms with E-state index in [4.69, 9.17) is 9.47 Å². The van der Waals surface area contributed by atoms with E-state index in [9.17, 15) is 4.39 Å². The van der Waals surface area contributed by atoms with Gasteiger partial charge in [0.1, 0.15) is 5.82 Å². The molecule has 1 aromatic heterocycles. The Morgan fingerprint density at radius 3 is 3.06 bits per heavy atom. The van der Waals surface area contributed by atoms with Crippen LogP contribution in [0.3, 0.4) is 0 Å². The molecule has 90 valence electrons. The van der Waals surface area contributed by atoms with Crippen LogP contribution >= 0.6 is 15.9 Å². The normalized spacial score (nSPS) is 20.9. The Morgan fingerprint density at radius 1 is 1.41 bits per heavy atom. The number of halogens is 2. The van der Waals surface area contributed by atoms with E-state index < -0.39 is 0 Å². The highest BCUT2D eigenvalue weighted by Gasteiger charge is 2.20. The lowest BCUT2D eigenvalue weighted by molar-refractivity contribution is -0.125. The largest absolute Gasteiger partial charge is 0.374 e. The van der Waals surface area contributed by atoms with Gasteiger partial charge in [0.15, 0.2) is 6.23 Å². The number of hydrogen-bond acceptors (Lipinski definition) is 3. The molecule has 0 spiro atoms. The third-order valence-corrected chi connectivity index (χ3v) is 3.35. The van der Waals surface area contributed by atoms with E-state index in [0.717, 1.165) is 0 Å². The van der Waals surface area contributed by atoms with Crippen molar-refractivity contribution in [3.8, 4) is 0 Å². The van der Waals surface area contributed by atoms with E-state index in [2.05, 4.69) is 21.0 Å². The van der Waals surface area contributed by atoms with Crippen molar-refractivity contribution in [1.29, 1.82) is 0 Å². The molecule has 3 rings (SSSR count). The molecule has 4 nitrogen and oxygen atoms in total. The second-order valence-electron chi connectivity index (χ2n) is 3.78. The highest BCUT2D eigenvalue weighted by Crippen LogP contribution is 2.27. The van der Waals surface area contributed by atoms with Crippen LogP contribution in [0.15, 0.2) is 22.8 Å². The van der Waals surface area contributed by atoms with Crippen LogP contribution in [-0.4, -0.2) is 29.6 Å². The maximum absolute atomic E-state index is 13.8. The summed E-state index contributed by atoms with van der Waals surface area (Å²) in [5.41, 5.74) is 0.709. The summed E-state index contributed by atoms with van der Waals surface area (Å²) >= 11 is 3.15. The predicted octanol–water partition coefficient (Wildman–Crippen LogP) is 2.48. The molecule has 6 heteroatoms. The summed E-state index contributed by atoms with van der Waals surface area (Å²) in [6.07, 6.45) is 1.23. The maximum Gasteiger partial charge on any atom is 0.174 e. The molecule has 17 heavy (non-hydrogen) atoms. The van der Waals surface area contributed by atoms with Crippen molar-refractivity contribution in [1.82, 2.24) is 9.78 Å². The van der Waals surface area contributed by atoms with Crippen molar-refractivity contribution in [2.24, 2.45) is 0 Å². The first-order valence-corrected chi connectivity index (χ1v) is 6.07. The van der Waals surface area contributed by atoms with Crippen LogP contribution in [0.4, 0.5) is 4.39 Å². The van der Waals surface area contributed by atoms with Crippen molar-refractivity contribution in [2.45, 2.75) is 6.23 Å². The summed E-state index contributed by atoms with van der Waals surface area (Å²) in [6.45, 7) is 1.56. The molecule has 0 aliphatic carbocycles. The van der Waals surface area contributed by atoms with Gasteiger partial charge in [-0.2, -0.15) is 5.10 Å². The van der Waals surface area contributed by atoms with Gasteiger partial charge in [0.25, 0.3) is 0 Å². The highest BCUT2D eigenvalue weighted by atomic mass is 79.9. The fraction of sp³-hybridized carbons (Fsp3) is 0.364. The van der Waals surface area contributed by atoms with E-state index in [1.54, 1.807) is 10.7 Å². The molecule has 2 heterocycles. The zero-order valence-corrected chi connectivity index (χ0v) is 10.5. The Balaban J connectivity index is 2.08. The van der Waals surface area contributed by atoms with E-state index in [0.29, 0.717) is 35.2 Å². The molecular weight excluding hydrogens is 291 g/mol. The second kappa shape index (κ2) is 4.36. The topological polar surface area (TPSA) is 36.3 Å². The number of fused-ring (bicyclic) bond motifs is 1. The SMILES string of the molecule is Fc1c(Br)ccc2c1cnn2C1COCCO1. The van der Waals surface area contributed by atoms with Gasteiger partial charge in [0, 0.05) is 0 Å². The molecule has 1 saturated heterocycles. The smallest absolute Gasteiger partial charge is 0.174 e. The Kier molecular flexibility index (Phi) is 2.85. The van der Waals surface area contributed by atoms with Gasteiger partial charge in [-0.25, -0.2) is 9.07 Å². The average molecular weight is 301 g/mol. The van der Waals surface area contributed by atoms with Crippen molar-refractivity contribution in [3.63, 3.8) is 0 Å². The molecular formula is C11H10BrFN2O2. The lowest BCUT2D eigenvalue weighted by Crippen LogP contribution is -2.27. The van der Waals surface area contributed by atoms with Gasteiger partial charge < -0.3 is 9.47 Å². The van der Waals surface area contributed by atoms with Gasteiger partial charge in [-0.05, 0) is 28.1 Å². The van der Waals surface area contributed by atoms with E-state index in [1.165, 1.54) is 6.20 Å². The molecule has 1 atom stereocenters. The third kappa shape index (κ3) is 1.86. The zero-order valence-electron chi connectivity index (χ0n) is 8.90.